The fourth-order valence-corrected chi connectivity index (χ4v) is 2.70. The first kappa shape index (κ1) is 12.9. The van der Waals surface area contributed by atoms with Crippen LogP contribution in [0.5, 0.6) is 0 Å². The summed E-state index contributed by atoms with van der Waals surface area (Å²) in [5, 5.41) is 3.23. The van der Waals surface area contributed by atoms with Gasteiger partial charge < -0.3 is 16.0 Å². The van der Waals surface area contributed by atoms with E-state index in [2.05, 4.69) is 10.2 Å². The molecule has 4 nitrogen and oxygen atoms in total. The van der Waals surface area contributed by atoms with Gasteiger partial charge in [0.2, 0.25) is 0 Å². The van der Waals surface area contributed by atoms with E-state index in [-0.39, 0.29) is 5.91 Å². The van der Waals surface area contributed by atoms with E-state index >= 15 is 0 Å². The molecule has 0 spiro atoms. The number of nitrogens with one attached hydrogen (secondary N) is 1. The van der Waals surface area contributed by atoms with Gasteiger partial charge in [-0.15, -0.1) is 0 Å². The second kappa shape index (κ2) is 5.87. The second-order valence-electron chi connectivity index (χ2n) is 4.78. The Bertz CT molecular complexity index is 417. The zero-order chi connectivity index (χ0) is 13.0. The minimum Gasteiger partial charge on any atom is -0.367 e. The Morgan fingerprint density at radius 2 is 2.22 bits per heavy atom. The zero-order valence-corrected chi connectivity index (χ0v) is 10.9. The Hall–Kier alpha value is -1.55. The molecular weight excluding hydrogens is 226 g/mol. The van der Waals surface area contributed by atoms with Crippen molar-refractivity contribution in [3.63, 3.8) is 0 Å². The van der Waals surface area contributed by atoms with Gasteiger partial charge in [-0.3, -0.25) is 4.79 Å². The Morgan fingerprint density at radius 1 is 1.44 bits per heavy atom. The normalized spacial score (nSPS) is 19.8. The van der Waals surface area contributed by atoms with Crippen LogP contribution in [-0.4, -0.2) is 32.1 Å². The highest BCUT2D eigenvalue weighted by molar-refractivity contribution is 5.98. The van der Waals surface area contributed by atoms with Crippen molar-refractivity contribution in [3.8, 4) is 0 Å². The van der Waals surface area contributed by atoms with Crippen LogP contribution in [0.25, 0.3) is 0 Å². The number of benzene rings is 1. The molecule has 0 aromatic heterocycles. The summed E-state index contributed by atoms with van der Waals surface area (Å²) in [6.07, 6.45) is 3.59. The van der Waals surface area contributed by atoms with Crippen LogP contribution in [0.15, 0.2) is 24.3 Å². The average Bonchev–Trinajstić information content (AvgIpc) is 2.40. The second-order valence-corrected chi connectivity index (χ2v) is 4.78. The Labute approximate surface area is 108 Å². The van der Waals surface area contributed by atoms with E-state index < -0.39 is 0 Å². The SMILES string of the molecule is CNCC1CCCCN1c1ccccc1C(N)=O. The maximum atomic E-state index is 11.5. The molecule has 1 saturated heterocycles. The molecule has 1 unspecified atom stereocenters. The number of para-hydroxylation sites is 1. The highest BCUT2D eigenvalue weighted by Gasteiger charge is 2.24. The summed E-state index contributed by atoms with van der Waals surface area (Å²) in [6, 6.07) is 8.08. The molecule has 2 rings (SSSR count). The highest BCUT2D eigenvalue weighted by Crippen LogP contribution is 2.27. The maximum absolute atomic E-state index is 11.5. The summed E-state index contributed by atoms with van der Waals surface area (Å²) in [5.74, 6) is -0.348. The number of rotatable bonds is 4. The number of likely N-dealkylation sites (N-methyl/N-ethyl adjacent to an activating group) is 1. The lowest BCUT2D eigenvalue weighted by molar-refractivity contribution is 0.100. The lowest BCUT2D eigenvalue weighted by Crippen LogP contribution is -2.45. The molecule has 1 aromatic rings. The molecule has 0 bridgehead atoms. The minimum absolute atomic E-state index is 0.348. The molecule has 18 heavy (non-hydrogen) atoms. The van der Waals surface area contributed by atoms with E-state index in [1.807, 2.05) is 31.3 Å². The van der Waals surface area contributed by atoms with Gasteiger partial charge in [0.1, 0.15) is 0 Å². The van der Waals surface area contributed by atoms with Crippen LogP contribution in [0.3, 0.4) is 0 Å². The van der Waals surface area contributed by atoms with Crippen molar-refractivity contribution in [1.82, 2.24) is 5.32 Å². The van der Waals surface area contributed by atoms with E-state index in [1.54, 1.807) is 0 Å². The van der Waals surface area contributed by atoms with E-state index in [9.17, 15) is 4.79 Å². The standard InChI is InChI=1S/C14H21N3O/c1-16-10-11-6-4-5-9-17(11)13-8-3-2-7-12(13)14(15)18/h2-3,7-8,11,16H,4-6,9-10H2,1H3,(H2,15,18). The third-order valence-corrected chi connectivity index (χ3v) is 3.55. The van der Waals surface area contributed by atoms with Gasteiger partial charge in [0.05, 0.1) is 5.56 Å². The molecule has 1 aliphatic heterocycles. The van der Waals surface area contributed by atoms with Crippen LogP contribution >= 0.6 is 0 Å². The Morgan fingerprint density at radius 3 is 2.94 bits per heavy atom. The van der Waals surface area contributed by atoms with Crippen molar-refractivity contribution in [2.45, 2.75) is 25.3 Å². The summed E-state index contributed by atoms with van der Waals surface area (Å²) in [7, 11) is 1.97. The van der Waals surface area contributed by atoms with Gasteiger partial charge in [-0.2, -0.15) is 0 Å². The lowest BCUT2D eigenvalue weighted by atomic mass is 9.99. The minimum atomic E-state index is -0.348. The van der Waals surface area contributed by atoms with Crippen LogP contribution in [0.2, 0.25) is 0 Å². The van der Waals surface area contributed by atoms with Crippen LogP contribution in [0.1, 0.15) is 29.6 Å². The van der Waals surface area contributed by atoms with Crippen molar-refractivity contribution < 1.29 is 4.79 Å². The predicted octanol–water partition coefficient (Wildman–Crippen LogP) is 1.36. The molecule has 0 radical (unpaired) electrons. The maximum Gasteiger partial charge on any atom is 0.250 e. The van der Waals surface area contributed by atoms with Gasteiger partial charge >= 0.3 is 0 Å². The summed E-state index contributed by atoms with van der Waals surface area (Å²) < 4.78 is 0. The smallest absolute Gasteiger partial charge is 0.250 e. The average molecular weight is 247 g/mol. The summed E-state index contributed by atoms with van der Waals surface area (Å²) in [5.41, 5.74) is 7.06. The number of hydrogen-bond acceptors (Lipinski definition) is 3. The first-order chi connectivity index (χ1) is 8.74. The first-order valence-electron chi connectivity index (χ1n) is 6.54. The lowest BCUT2D eigenvalue weighted by Gasteiger charge is -2.38. The summed E-state index contributed by atoms with van der Waals surface area (Å²) in [4.78, 5) is 13.8. The number of nitrogens with two attached hydrogens (primary N) is 1. The zero-order valence-electron chi connectivity index (χ0n) is 10.9. The van der Waals surface area contributed by atoms with Crippen molar-refractivity contribution in [2.75, 3.05) is 25.0 Å². The van der Waals surface area contributed by atoms with Crippen molar-refractivity contribution in [3.05, 3.63) is 29.8 Å². The van der Waals surface area contributed by atoms with Crippen LogP contribution in [-0.2, 0) is 0 Å². The monoisotopic (exact) mass is 247 g/mol. The number of piperidine rings is 1. The number of hydrogen-bond donors (Lipinski definition) is 2. The fourth-order valence-electron chi connectivity index (χ4n) is 2.70. The molecule has 1 heterocycles. The molecule has 1 atom stereocenters. The van der Waals surface area contributed by atoms with Crippen LogP contribution in [0, 0.1) is 0 Å². The molecule has 1 aromatic carbocycles. The van der Waals surface area contributed by atoms with Gasteiger partial charge in [-0.05, 0) is 38.4 Å². The molecule has 1 aliphatic rings. The third kappa shape index (κ3) is 2.64. The van der Waals surface area contributed by atoms with E-state index in [1.165, 1.54) is 12.8 Å². The largest absolute Gasteiger partial charge is 0.367 e. The third-order valence-electron chi connectivity index (χ3n) is 3.55. The first-order valence-corrected chi connectivity index (χ1v) is 6.54. The molecule has 4 heteroatoms. The van der Waals surface area contributed by atoms with Gasteiger partial charge in [0.15, 0.2) is 0 Å². The number of primary amides is 1. The quantitative estimate of drug-likeness (QED) is 0.844. The molecule has 1 amide bonds. The van der Waals surface area contributed by atoms with Gasteiger partial charge in [-0.25, -0.2) is 0 Å². The number of amides is 1. The number of carbonyl (C=O) groups is 1. The predicted molar refractivity (Wildman–Crippen MR) is 73.9 cm³/mol. The van der Waals surface area contributed by atoms with Crippen molar-refractivity contribution >= 4 is 11.6 Å². The van der Waals surface area contributed by atoms with E-state index in [0.29, 0.717) is 11.6 Å². The molecular formula is C14H21N3O. The van der Waals surface area contributed by atoms with Crippen molar-refractivity contribution in [2.24, 2.45) is 5.73 Å². The van der Waals surface area contributed by atoms with Crippen LogP contribution in [0.4, 0.5) is 5.69 Å². The molecule has 98 valence electrons. The summed E-state index contributed by atoms with van der Waals surface area (Å²) >= 11 is 0. The highest BCUT2D eigenvalue weighted by atomic mass is 16.1. The van der Waals surface area contributed by atoms with Gasteiger partial charge in [0.25, 0.3) is 5.91 Å². The van der Waals surface area contributed by atoms with Crippen LogP contribution < -0.4 is 16.0 Å². The van der Waals surface area contributed by atoms with Gasteiger partial charge in [0, 0.05) is 24.8 Å². The number of carbonyl (C=O) groups excluding carboxylic acids is 1. The molecule has 3 N–H and O–H groups in total. The van der Waals surface area contributed by atoms with E-state index in [0.717, 1.165) is 25.2 Å². The molecule has 0 aliphatic carbocycles. The fraction of sp³-hybridized carbons (Fsp3) is 0.500. The van der Waals surface area contributed by atoms with Gasteiger partial charge in [-0.1, -0.05) is 12.1 Å². The topological polar surface area (TPSA) is 58.4 Å². The van der Waals surface area contributed by atoms with E-state index in [4.69, 9.17) is 5.73 Å². The number of nitrogens with zero attached hydrogens (tertiary/aromatic N) is 1. The Kier molecular flexibility index (Phi) is 4.20. The van der Waals surface area contributed by atoms with Crippen molar-refractivity contribution in [1.29, 1.82) is 0 Å². The summed E-state index contributed by atoms with van der Waals surface area (Å²) in [6.45, 7) is 1.93. The molecule has 0 saturated carbocycles. The number of anilines is 1. The molecule has 1 fully saturated rings. The Balaban J connectivity index is 2.30.